The van der Waals surface area contributed by atoms with Gasteiger partial charge in [0.15, 0.2) is 11.7 Å². The number of sulfonamides is 1. The molecule has 3 aromatic rings. The number of anilines is 1. The largest absolute Gasteiger partial charge is 0.398 e. The number of benzene rings is 3. The summed E-state index contributed by atoms with van der Waals surface area (Å²) in [4.78, 5) is 27.8. The van der Waals surface area contributed by atoms with Crippen LogP contribution in [0.3, 0.4) is 0 Å². The molecule has 1 aliphatic heterocycles. The fourth-order valence-corrected chi connectivity index (χ4v) is 5.45. The van der Waals surface area contributed by atoms with E-state index >= 15 is 0 Å². The van der Waals surface area contributed by atoms with Crippen molar-refractivity contribution in [2.75, 3.05) is 32.0 Å². The summed E-state index contributed by atoms with van der Waals surface area (Å²) in [6, 6.07) is 16.9. The van der Waals surface area contributed by atoms with Crippen molar-refractivity contribution in [3.63, 3.8) is 0 Å². The van der Waals surface area contributed by atoms with Gasteiger partial charge in [0.2, 0.25) is 15.9 Å². The number of amides is 1. The summed E-state index contributed by atoms with van der Waals surface area (Å²) in [5, 5.41) is 11.9. The number of ketones is 1. The lowest BCUT2D eigenvalue weighted by Gasteiger charge is -2.33. The molecular weight excluding hydrogens is 508 g/mol. The smallest absolute Gasteiger partial charge is 0.241 e. The Balaban J connectivity index is 1.54. The van der Waals surface area contributed by atoms with Crippen molar-refractivity contribution in [3.8, 4) is 0 Å². The Morgan fingerprint density at radius 1 is 1.08 bits per heavy atom. The number of morpholine rings is 1. The number of hydrogen-bond donors (Lipinski definition) is 5. The van der Waals surface area contributed by atoms with E-state index in [0.29, 0.717) is 25.1 Å². The van der Waals surface area contributed by atoms with Crippen LogP contribution in [-0.4, -0.2) is 69.4 Å². The Labute approximate surface area is 220 Å². The van der Waals surface area contributed by atoms with Gasteiger partial charge in [0, 0.05) is 37.3 Å². The van der Waals surface area contributed by atoms with Crippen molar-refractivity contribution in [2.45, 2.75) is 23.5 Å². The van der Waals surface area contributed by atoms with Crippen molar-refractivity contribution in [2.24, 2.45) is 5.73 Å². The van der Waals surface area contributed by atoms with E-state index in [9.17, 15) is 18.0 Å². The molecule has 0 aliphatic carbocycles. The number of guanidine groups is 1. The predicted octanol–water partition coefficient (Wildman–Crippen LogP) is 1.05. The van der Waals surface area contributed by atoms with Gasteiger partial charge in [-0.1, -0.05) is 42.5 Å². The molecule has 38 heavy (non-hydrogen) atoms. The van der Waals surface area contributed by atoms with Gasteiger partial charge in [0.1, 0.15) is 6.04 Å². The Morgan fingerprint density at radius 2 is 1.79 bits per heavy atom. The molecule has 3 aromatic carbocycles. The summed E-state index contributed by atoms with van der Waals surface area (Å²) in [7, 11) is -4.18. The highest BCUT2D eigenvalue weighted by molar-refractivity contribution is 7.89. The number of fused-ring (bicyclic) bond motifs is 1. The van der Waals surface area contributed by atoms with Crippen LogP contribution in [-0.2, 0) is 19.6 Å². The van der Waals surface area contributed by atoms with Crippen LogP contribution in [0.4, 0.5) is 5.69 Å². The predicted molar refractivity (Wildman–Crippen MR) is 144 cm³/mol. The summed E-state index contributed by atoms with van der Waals surface area (Å²) < 4.78 is 34.6. The van der Waals surface area contributed by atoms with Gasteiger partial charge in [-0.2, -0.15) is 4.72 Å². The van der Waals surface area contributed by atoms with Gasteiger partial charge in [-0.25, -0.2) is 8.42 Å². The van der Waals surface area contributed by atoms with Crippen LogP contribution in [0, 0.1) is 5.41 Å². The highest BCUT2D eigenvalue weighted by Gasteiger charge is 2.30. The first-order valence-electron chi connectivity index (χ1n) is 12.0. The normalized spacial score (nSPS) is 16.6. The van der Waals surface area contributed by atoms with E-state index in [4.69, 9.17) is 21.6 Å². The van der Waals surface area contributed by atoms with Crippen LogP contribution in [0.25, 0.3) is 10.8 Å². The van der Waals surface area contributed by atoms with E-state index < -0.39 is 40.3 Å². The van der Waals surface area contributed by atoms with Gasteiger partial charge in [-0.15, -0.1) is 0 Å². The zero-order valence-corrected chi connectivity index (χ0v) is 21.4. The molecule has 1 heterocycles. The maximum atomic E-state index is 13.3. The summed E-state index contributed by atoms with van der Waals surface area (Å²) in [5.74, 6) is -1.28. The summed E-state index contributed by atoms with van der Waals surface area (Å²) >= 11 is 0. The monoisotopic (exact) mass is 538 g/mol. The molecule has 0 saturated carbocycles. The molecule has 1 aliphatic rings. The number of carbonyl (C=O) groups is 2. The number of nitrogens with two attached hydrogens (primary N) is 2. The van der Waals surface area contributed by atoms with Crippen molar-refractivity contribution >= 4 is 44.1 Å². The van der Waals surface area contributed by atoms with E-state index in [-0.39, 0.29) is 28.7 Å². The number of Topliss-reactive ketones (excluding diaryl/α,β-unsaturated/α-hetero) is 1. The highest BCUT2D eigenvalue weighted by Crippen LogP contribution is 2.20. The molecular formula is C26H30N6O5S. The zero-order chi connectivity index (χ0) is 27.3. The van der Waals surface area contributed by atoms with Gasteiger partial charge >= 0.3 is 0 Å². The maximum Gasteiger partial charge on any atom is 0.241 e. The van der Waals surface area contributed by atoms with Gasteiger partial charge in [-0.05, 0) is 35.0 Å². The number of nitrogens with one attached hydrogen (secondary N) is 3. The van der Waals surface area contributed by atoms with Crippen LogP contribution in [0.15, 0.2) is 71.6 Å². The fourth-order valence-electron chi connectivity index (χ4n) is 4.22. The molecule has 0 aromatic heterocycles. The first-order chi connectivity index (χ1) is 18.1. The van der Waals surface area contributed by atoms with E-state index in [0.717, 1.165) is 5.39 Å². The number of ether oxygens (including phenoxy) is 1. The van der Waals surface area contributed by atoms with Crippen molar-refractivity contribution < 1.29 is 22.7 Å². The topological polar surface area (TPSA) is 181 Å². The number of carbonyl (C=O) groups excluding carboxylic acids is 2. The Bertz CT molecular complexity index is 1460. The van der Waals surface area contributed by atoms with Crippen molar-refractivity contribution in [1.29, 1.82) is 5.41 Å². The van der Waals surface area contributed by atoms with Crippen LogP contribution in [0.1, 0.15) is 16.8 Å². The van der Waals surface area contributed by atoms with Crippen LogP contribution in [0.5, 0.6) is 0 Å². The van der Waals surface area contributed by atoms with Crippen molar-refractivity contribution in [3.05, 3.63) is 72.3 Å². The Hall–Kier alpha value is -4.00. The molecule has 2 atom stereocenters. The Kier molecular flexibility index (Phi) is 8.25. The lowest BCUT2D eigenvalue weighted by Crippen LogP contribution is -2.54. The van der Waals surface area contributed by atoms with E-state index in [1.807, 2.05) is 12.1 Å². The molecule has 1 fully saturated rings. The molecule has 1 amide bonds. The Morgan fingerprint density at radius 3 is 2.53 bits per heavy atom. The van der Waals surface area contributed by atoms with Crippen LogP contribution >= 0.6 is 0 Å². The number of hydrogen-bond acceptors (Lipinski definition) is 7. The molecule has 0 spiro atoms. The maximum absolute atomic E-state index is 13.3. The average molecular weight is 539 g/mol. The lowest BCUT2D eigenvalue weighted by atomic mass is 10.0. The third-order valence-corrected chi connectivity index (χ3v) is 7.75. The van der Waals surface area contributed by atoms with E-state index in [1.54, 1.807) is 41.3 Å². The molecule has 11 nitrogen and oxygen atoms in total. The van der Waals surface area contributed by atoms with E-state index in [1.165, 1.54) is 18.2 Å². The second-order valence-electron chi connectivity index (χ2n) is 8.97. The lowest BCUT2D eigenvalue weighted by molar-refractivity contribution is -0.123. The third kappa shape index (κ3) is 6.46. The van der Waals surface area contributed by atoms with Crippen LogP contribution < -0.4 is 21.5 Å². The fraction of sp³-hybridized carbons (Fsp3) is 0.269. The summed E-state index contributed by atoms with van der Waals surface area (Å²) in [6.45, 7) is 1.12. The molecule has 1 saturated heterocycles. The number of para-hydroxylation sites is 1. The number of rotatable bonds is 9. The first kappa shape index (κ1) is 27.0. The molecule has 200 valence electrons. The third-order valence-electron chi connectivity index (χ3n) is 6.28. The minimum Gasteiger partial charge on any atom is -0.398 e. The second-order valence-corrected chi connectivity index (χ2v) is 10.7. The first-order valence-corrected chi connectivity index (χ1v) is 13.5. The molecule has 0 radical (unpaired) electrons. The quantitative estimate of drug-likeness (QED) is 0.116. The minimum atomic E-state index is -4.18. The highest BCUT2D eigenvalue weighted by atomic mass is 32.2. The number of nitrogens with zero attached hydrogens (tertiary/aromatic N) is 1. The van der Waals surface area contributed by atoms with Gasteiger partial charge in [0.25, 0.3) is 0 Å². The molecule has 12 heteroatoms. The second kappa shape index (κ2) is 11.6. The number of nitrogen functional groups attached to an aromatic ring is 1. The molecule has 1 unspecified atom stereocenters. The molecule has 7 N–H and O–H groups in total. The molecule has 0 bridgehead atoms. The zero-order valence-electron chi connectivity index (χ0n) is 20.6. The minimum absolute atomic E-state index is 0.0339. The average Bonchev–Trinajstić information content (AvgIpc) is 2.91. The van der Waals surface area contributed by atoms with Gasteiger partial charge in [-0.3, -0.25) is 15.0 Å². The SMILES string of the molecule is N=C(N)N1CCOC(CNC(=O)[C@@H](CC(=O)c2ccccc2N)NS(=O)(=O)c2ccc3ccccc3c2)C1. The van der Waals surface area contributed by atoms with Crippen LogP contribution in [0.2, 0.25) is 0 Å². The van der Waals surface area contributed by atoms with Gasteiger partial charge in [0.05, 0.1) is 17.6 Å². The van der Waals surface area contributed by atoms with E-state index in [2.05, 4.69) is 10.0 Å². The molecule has 4 rings (SSSR count). The summed E-state index contributed by atoms with van der Waals surface area (Å²) in [5.41, 5.74) is 11.9. The van der Waals surface area contributed by atoms with Crippen molar-refractivity contribution in [1.82, 2.24) is 14.9 Å². The summed E-state index contributed by atoms with van der Waals surface area (Å²) in [6.07, 6.45) is -0.910. The standard InChI is InChI=1S/C26H30N6O5S/c27-22-8-4-3-7-21(22)24(33)14-23(25(34)30-15-19-16-32(26(28)29)11-12-37-19)31-38(35,36)20-10-9-17-5-1-2-6-18(17)13-20/h1-10,13,19,23,31H,11-12,14-16,27H2,(H3,28,29)(H,30,34)/t19?,23-/m1/s1. The van der Waals surface area contributed by atoms with Gasteiger partial charge < -0.3 is 26.4 Å².